The Morgan fingerprint density at radius 3 is 2.74 bits per heavy atom. The molecule has 0 spiro atoms. The highest BCUT2D eigenvalue weighted by Crippen LogP contribution is 2.18. The molecule has 0 bridgehead atoms. The van der Waals surface area contributed by atoms with E-state index in [0.717, 1.165) is 37.9 Å². The van der Waals surface area contributed by atoms with E-state index in [-0.39, 0.29) is 18.6 Å². The molecule has 2 rings (SSSR count). The van der Waals surface area contributed by atoms with Gasteiger partial charge in [0.1, 0.15) is 6.61 Å². The van der Waals surface area contributed by atoms with Gasteiger partial charge < -0.3 is 4.74 Å². The molecule has 0 aromatic heterocycles. The monoisotopic (exact) mass is 318 g/mol. The predicted molar refractivity (Wildman–Crippen MR) is 88.8 cm³/mol. The zero-order valence-corrected chi connectivity index (χ0v) is 14.0. The highest BCUT2D eigenvalue weighted by molar-refractivity contribution is 5.95. The molecular formula is C18H26N2O3. The van der Waals surface area contributed by atoms with Crippen molar-refractivity contribution in [2.24, 2.45) is 5.92 Å². The smallest absolute Gasteiger partial charge is 0.414 e. The van der Waals surface area contributed by atoms with Crippen LogP contribution in [0.1, 0.15) is 38.7 Å². The second-order valence-corrected chi connectivity index (χ2v) is 6.43. The van der Waals surface area contributed by atoms with Crippen LogP contribution in [0.25, 0.3) is 0 Å². The Labute approximate surface area is 138 Å². The van der Waals surface area contributed by atoms with E-state index in [0.29, 0.717) is 5.92 Å². The summed E-state index contributed by atoms with van der Waals surface area (Å²) in [6.07, 6.45) is 2.18. The number of nitrogens with zero attached hydrogens (tertiary/aromatic N) is 1. The minimum atomic E-state index is -0.672. The van der Waals surface area contributed by atoms with E-state index >= 15 is 0 Å². The van der Waals surface area contributed by atoms with Crippen molar-refractivity contribution in [3.8, 4) is 0 Å². The summed E-state index contributed by atoms with van der Waals surface area (Å²) in [5, 5.41) is 2.37. The number of alkyl carbamates (subject to hydrolysis) is 1. The fraction of sp³-hybridized carbons (Fsp3) is 0.556. The number of carbonyl (C=O) groups excluding carboxylic acids is 2. The molecule has 0 aliphatic carbocycles. The van der Waals surface area contributed by atoms with Crippen molar-refractivity contribution in [1.82, 2.24) is 10.2 Å². The van der Waals surface area contributed by atoms with Crippen molar-refractivity contribution < 1.29 is 14.3 Å². The molecule has 1 atom stereocenters. The number of nitrogens with one attached hydrogen (secondary N) is 1. The Morgan fingerprint density at radius 1 is 1.30 bits per heavy atom. The molecule has 1 N–H and O–H groups in total. The molecule has 126 valence electrons. The van der Waals surface area contributed by atoms with Crippen LogP contribution >= 0.6 is 0 Å². The maximum Gasteiger partial charge on any atom is 0.414 e. The highest BCUT2D eigenvalue weighted by Gasteiger charge is 2.31. The first-order valence-corrected chi connectivity index (χ1v) is 8.32. The van der Waals surface area contributed by atoms with Gasteiger partial charge in [0.2, 0.25) is 5.91 Å². The third kappa shape index (κ3) is 5.67. The Hall–Kier alpha value is -1.88. The van der Waals surface area contributed by atoms with Crippen molar-refractivity contribution in [2.45, 2.75) is 45.8 Å². The van der Waals surface area contributed by atoms with E-state index in [9.17, 15) is 9.59 Å². The Kier molecular flexibility index (Phi) is 6.59. The standard InChI is InChI=1S/C18H26N2O3/c1-14(2)10-12-20-11-6-9-16(20)17(21)19-18(22)23-13-15-7-4-3-5-8-15/h3-5,7-8,14,16H,6,9-13H2,1-2H3,(H,19,21,22)/t16-/m0/s1. The van der Waals surface area contributed by atoms with Crippen molar-refractivity contribution in [3.63, 3.8) is 0 Å². The molecule has 2 amide bonds. The SMILES string of the molecule is CC(C)CCN1CCC[C@H]1C(=O)NC(=O)OCc1ccccc1. The Morgan fingerprint density at radius 2 is 2.04 bits per heavy atom. The molecule has 0 saturated carbocycles. The number of ether oxygens (including phenoxy) is 1. The maximum atomic E-state index is 12.3. The lowest BCUT2D eigenvalue weighted by Gasteiger charge is -2.23. The van der Waals surface area contributed by atoms with Gasteiger partial charge in [0.05, 0.1) is 6.04 Å². The van der Waals surface area contributed by atoms with Crippen molar-refractivity contribution in [1.29, 1.82) is 0 Å². The van der Waals surface area contributed by atoms with Gasteiger partial charge in [-0.25, -0.2) is 4.79 Å². The average molecular weight is 318 g/mol. The van der Waals surface area contributed by atoms with E-state index in [1.54, 1.807) is 0 Å². The molecular weight excluding hydrogens is 292 g/mol. The van der Waals surface area contributed by atoms with Crippen LogP contribution in [0.2, 0.25) is 0 Å². The number of carbonyl (C=O) groups is 2. The zero-order chi connectivity index (χ0) is 16.7. The van der Waals surface area contributed by atoms with Crippen molar-refractivity contribution >= 4 is 12.0 Å². The van der Waals surface area contributed by atoms with Crippen LogP contribution in [0.3, 0.4) is 0 Å². The largest absolute Gasteiger partial charge is 0.444 e. The lowest BCUT2D eigenvalue weighted by Crippen LogP contribution is -2.46. The topological polar surface area (TPSA) is 58.6 Å². The molecule has 1 aromatic rings. The van der Waals surface area contributed by atoms with Gasteiger partial charge in [-0.05, 0) is 43.8 Å². The molecule has 1 heterocycles. The number of imide groups is 1. The molecule has 1 aromatic carbocycles. The predicted octanol–water partition coefficient (Wildman–Crippen LogP) is 2.95. The molecule has 1 fully saturated rings. The molecule has 0 unspecified atom stereocenters. The molecule has 1 saturated heterocycles. The molecule has 1 aliphatic rings. The van der Waals surface area contributed by atoms with Gasteiger partial charge in [0, 0.05) is 0 Å². The van der Waals surface area contributed by atoms with Gasteiger partial charge in [0.25, 0.3) is 0 Å². The normalized spacial score (nSPS) is 18.1. The third-order valence-corrected chi connectivity index (χ3v) is 4.10. The fourth-order valence-electron chi connectivity index (χ4n) is 2.76. The van der Waals surface area contributed by atoms with Crippen LogP contribution in [0.5, 0.6) is 0 Å². The Bertz CT molecular complexity index is 516. The van der Waals surface area contributed by atoms with Gasteiger partial charge in [-0.3, -0.25) is 15.0 Å². The number of hydrogen-bond acceptors (Lipinski definition) is 4. The summed E-state index contributed by atoms with van der Waals surface area (Å²) in [4.78, 5) is 26.2. The van der Waals surface area contributed by atoms with Gasteiger partial charge in [0.15, 0.2) is 0 Å². The first kappa shape index (κ1) is 17.5. The second kappa shape index (κ2) is 8.67. The lowest BCUT2D eigenvalue weighted by atomic mass is 10.1. The Balaban J connectivity index is 1.77. The van der Waals surface area contributed by atoms with Gasteiger partial charge >= 0.3 is 6.09 Å². The van der Waals surface area contributed by atoms with Crippen LogP contribution in [-0.2, 0) is 16.1 Å². The van der Waals surface area contributed by atoms with Crippen LogP contribution in [0.15, 0.2) is 30.3 Å². The fourth-order valence-corrected chi connectivity index (χ4v) is 2.76. The zero-order valence-electron chi connectivity index (χ0n) is 14.0. The number of hydrogen-bond donors (Lipinski definition) is 1. The van der Waals surface area contributed by atoms with Gasteiger partial charge in [-0.1, -0.05) is 44.2 Å². The van der Waals surface area contributed by atoms with Gasteiger partial charge in [-0.2, -0.15) is 0 Å². The molecule has 23 heavy (non-hydrogen) atoms. The molecule has 1 aliphatic heterocycles. The average Bonchev–Trinajstić information content (AvgIpc) is 3.00. The van der Waals surface area contributed by atoms with E-state index in [1.165, 1.54) is 0 Å². The van der Waals surface area contributed by atoms with Crippen LogP contribution < -0.4 is 5.32 Å². The summed E-state index contributed by atoms with van der Waals surface area (Å²) in [6.45, 7) is 6.33. The van der Waals surface area contributed by atoms with Crippen LogP contribution in [-0.4, -0.2) is 36.0 Å². The molecule has 5 nitrogen and oxygen atoms in total. The maximum absolute atomic E-state index is 12.3. The van der Waals surface area contributed by atoms with Crippen molar-refractivity contribution in [2.75, 3.05) is 13.1 Å². The summed E-state index contributed by atoms with van der Waals surface area (Å²) < 4.78 is 5.10. The van der Waals surface area contributed by atoms with E-state index in [4.69, 9.17) is 4.74 Å². The molecule has 5 heteroatoms. The van der Waals surface area contributed by atoms with Gasteiger partial charge in [-0.15, -0.1) is 0 Å². The third-order valence-electron chi connectivity index (χ3n) is 4.10. The number of likely N-dealkylation sites (tertiary alicyclic amines) is 1. The summed E-state index contributed by atoms with van der Waals surface area (Å²) in [7, 11) is 0. The van der Waals surface area contributed by atoms with E-state index < -0.39 is 6.09 Å². The summed E-state index contributed by atoms with van der Waals surface area (Å²) in [6, 6.07) is 9.20. The highest BCUT2D eigenvalue weighted by atomic mass is 16.5. The first-order chi connectivity index (χ1) is 11.1. The molecule has 0 radical (unpaired) electrons. The summed E-state index contributed by atoms with van der Waals surface area (Å²) >= 11 is 0. The first-order valence-electron chi connectivity index (χ1n) is 8.32. The lowest BCUT2D eigenvalue weighted by molar-refractivity contribution is -0.124. The number of benzene rings is 1. The summed E-state index contributed by atoms with van der Waals surface area (Å²) in [5.74, 6) is 0.361. The van der Waals surface area contributed by atoms with Crippen LogP contribution in [0, 0.1) is 5.92 Å². The quantitative estimate of drug-likeness (QED) is 0.876. The van der Waals surface area contributed by atoms with E-state index in [1.807, 2.05) is 30.3 Å². The minimum absolute atomic E-state index is 0.168. The van der Waals surface area contributed by atoms with Crippen molar-refractivity contribution in [3.05, 3.63) is 35.9 Å². The summed E-state index contributed by atoms with van der Waals surface area (Å²) in [5.41, 5.74) is 0.898. The van der Waals surface area contributed by atoms with E-state index in [2.05, 4.69) is 24.1 Å². The van der Waals surface area contributed by atoms with Crippen LogP contribution in [0.4, 0.5) is 4.79 Å². The number of amides is 2. The number of rotatable bonds is 6. The minimum Gasteiger partial charge on any atom is -0.444 e. The second-order valence-electron chi connectivity index (χ2n) is 6.43.